The summed E-state index contributed by atoms with van der Waals surface area (Å²) in [6, 6.07) is 11.5. The minimum Gasteiger partial charge on any atom is -0.352 e. The highest BCUT2D eigenvalue weighted by molar-refractivity contribution is 6.13. The molecule has 2 aromatic rings. The number of carbonyl (C=O) groups is 2. The molecular formula is C18H17N3O2. The van der Waals surface area contributed by atoms with Crippen molar-refractivity contribution in [2.75, 3.05) is 11.9 Å². The fourth-order valence-corrected chi connectivity index (χ4v) is 3.60. The fraction of sp³-hybridized carbons (Fsp3) is 0.278. The molecule has 1 aliphatic heterocycles. The summed E-state index contributed by atoms with van der Waals surface area (Å²) >= 11 is 0. The summed E-state index contributed by atoms with van der Waals surface area (Å²) in [5, 5.41) is 2.93. The second-order valence-corrected chi connectivity index (χ2v) is 6.19. The minimum absolute atomic E-state index is 0.0280. The number of nitrogens with zero attached hydrogens (tertiary/aromatic N) is 2. The lowest BCUT2D eigenvalue weighted by atomic mass is 9.94. The molecule has 2 amide bonds. The van der Waals surface area contributed by atoms with Crippen LogP contribution < -0.4 is 10.2 Å². The molecule has 2 aliphatic rings. The summed E-state index contributed by atoms with van der Waals surface area (Å²) in [4.78, 5) is 30.9. The highest BCUT2D eigenvalue weighted by Crippen LogP contribution is 2.61. The van der Waals surface area contributed by atoms with Crippen molar-refractivity contribution < 1.29 is 9.59 Å². The molecule has 2 heterocycles. The number of rotatable bonds is 3. The number of hydrogen-bond donors (Lipinski definition) is 1. The zero-order valence-corrected chi connectivity index (χ0v) is 12.8. The summed E-state index contributed by atoms with van der Waals surface area (Å²) in [5.74, 6) is -0.315. The maximum atomic E-state index is 12.7. The summed E-state index contributed by atoms with van der Waals surface area (Å²) in [7, 11) is 1.78. The van der Waals surface area contributed by atoms with Crippen molar-refractivity contribution in [2.24, 2.45) is 5.92 Å². The van der Waals surface area contributed by atoms with Crippen LogP contribution in [0.5, 0.6) is 0 Å². The number of amides is 2. The van der Waals surface area contributed by atoms with Crippen LogP contribution in [0.25, 0.3) is 0 Å². The molecule has 23 heavy (non-hydrogen) atoms. The van der Waals surface area contributed by atoms with Crippen molar-refractivity contribution in [3.63, 3.8) is 0 Å². The number of aromatic nitrogens is 1. The van der Waals surface area contributed by atoms with Gasteiger partial charge in [-0.05, 0) is 29.7 Å². The second-order valence-electron chi connectivity index (χ2n) is 6.19. The number of fused-ring (bicyclic) bond motifs is 2. The molecule has 1 aromatic heterocycles. The van der Waals surface area contributed by atoms with E-state index in [1.54, 1.807) is 24.3 Å². The number of nitrogens with one attached hydrogen (secondary N) is 1. The Morgan fingerprint density at radius 3 is 2.96 bits per heavy atom. The molecule has 0 bridgehead atoms. The third kappa shape index (κ3) is 1.96. The Labute approximate surface area is 134 Å². The largest absolute Gasteiger partial charge is 0.352 e. The second kappa shape index (κ2) is 4.91. The molecule has 116 valence electrons. The number of benzene rings is 1. The van der Waals surface area contributed by atoms with Gasteiger partial charge in [0.1, 0.15) is 0 Å². The predicted octanol–water partition coefficient (Wildman–Crippen LogP) is 1.63. The van der Waals surface area contributed by atoms with E-state index in [1.807, 2.05) is 36.4 Å². The van der Waals surface area contributed by atoms with Gasteiger partial charge in [0.05, 0.1) is 11.3 Å². The standard InChI is InChI=1S/C18H17N3O2/c1-21-15-7-3-2-6-13(15)18(17(21)23)9-14(18)16(22)20-11-12-5-4-8-19-10-12/h2-8,10,14H,9,11H2,1H3,(H,20,22)/t14-,18-/m0/s1. The first-order valence-electron chi connectivity index (χ1n) is 7.69. The average molecular weight is 307 g/mol. The number of pyridine rings is 1. The lowest BCUT2D eigenvalue weighted by molar-refractivity contribution is -0.126. The Morgan fingerprint density at radius 2 is 2.17 bits per heavy atom. The Morgan fingerprint density at radius 1 is 1.35 bits per heavy atom. The topological polar surface area (TPSA) is 62.3 Å². The van der Waals surface area contributed by atoms with Gasteiger partial charge < -0.3 is 10.2 Å². The lowest BCUT2D eigenvalue weighted by Gasteiger charge is -2.11. The fourth-order valence-electron chi connectivity index (χ4n) is 3.60. The molecule has 0 saturated heterocycles. The van der Waals surface area contributed by atoms with E-state index in [-0.39, 0.29) is 17.7 Å². The monoisotopic (exact) mass is 307 g/mol. The highest BCUT2D eigenvalue weighted by atomic mass is 16.2. The van der Waals surface area contributed by atoms with Crippen LogP contribution in [0.1, 0.15) is 17.5 Å². The number of hydrogen-bond acceptors (Lipinski definition) is 3. The van der Waals surface area contributed by atoms with Crippen LogP contribution >= 0.6 is 0 Å². The third-order valence-corrected chi connectivity index (χ3v) is 4.90. The van der Waals surface area contributed by atoms with Crippen LogP contribution in [0.15, 0.2) is 48.8 Å². The molecule has 1 fully saturated rings. The van der Waals surface area contributed by atoms with E-state index in [2.05, 4.69) is 10.3 Å². The molecule has 4 rings (SSSR count). The van der Waals surface area contributed by atoms with E-state index in [1.165, 1.54) is 0 Å². The van der Waals surface area contributed by atoms with Gasteiger partial charge in [-0.2, -0.15) is 0 Å². The summed E-state index contributed by atoms with van der Waals surface area (Å²) in [6.07, 6.45) is 4.02. The van der Waals surface area contributed by atoms with E-state index in [9.17, 15) is 9.59 Å². The summed E-state index contributed by atoms with van der Waals surface area (Å²) < 4.78 is 0. The minimum atomic E-state index is -0.648. The van der Waals surface area contributed by atoms with Gasteiger partial charge in [0.2, 0.25) is 11.8 Å². The molecule has 0 unspecified atom stereocenters. The van der Waals surface area contributed by atoms with E-state index in [0.29, 0.717) is 13.0 Å². The van der Waals surface area contributed by atoms with E-state index >= 15 is 0 Å². The Bertz CT molecular complexity index is 790. The molecule has 1 spiro atoms. The van der Waals surface area contributed by atoms with Gasteiger partial charge in [-0.3, -0.25) is 14.6 Å². The van der Waals surface area contributed by atoms with Crippen LogP contribution in [0.2, 0.25) is 0 Å². The summed E-state index contributed by atoms with van der Waals surface area (Å²) in [6.45, 7) is 0.435. The van der Waals surface area contributed by atoms with Gasteiger partial charge in [0.25, 0.3) is 0 Å². The van der Waals surface area contributed by atoms with Gasteiger partial charge in [-0.25, -0.2) is 0 Å². The molecule has 1 saturated carbocycles. The van der Waals surface area contributed by atoms with Gasteiger partial charge in [-0.1, -0.05) is 24.3 Å². The highest BCUT2D eigenvalue weighted by Gasteiger charge is 2.68. The number of anilines is 1. The SMILES string of the molecule is CN1C(=O)[C@@]2(C[C@H]2C(=O)NCc2cccnc2)c2ccccc21. The van der Waals surface area contributed by atoms with Crippen molar-refractivity contribution in [3.8, 4) is 0 Å². The summed E-state index contributed by atoms with van der Waals surface area (Å²) in [5.41, 5.74) is 2.20. The van der Waals surface area contributed by atoms with E-state index in [4.69, 9.17) is 0 Å². The first-order valence-corrected chi connectivity index (χ1v) is 7.69. The molecule has 1 aliphatic carbocycles. The van der Waals surface area contributed by atoms with Gasteiger partial charge in [0.15, 0.2) is 0 Å². The molecule has 5 heteroatoms. The van der Waals surface area contributed by atoms with Crippen molar-refractivity contribution >= 4 is 17.5 Å². The van der Waals surface area contributed by atoms with Crippen molar-refractivity contribution in [1.82, 2.24) is 10.3 Å². The maximum absolute atomic E-state index is 12.7. The Hall–Kier alpha value is -2.69. The van der Waals surface area contributed by atoms with Crippen LogP contribution in [0.3, 0.4) is 0 Å². The number of likely N-dealkylation sites (N-methyl/N-ethyl adjacent to an activating group) is 1. The quantitative estimate of drug-likeness (QED) is 0.937. The van der Waals surface area contributed by atoms with Crippen LogP contribution in [0, 0.1) is 5.92 Å². The normalized spacial score (nSPS) is 24.7. The van der Waals surface area contributed by atoms with E-state index < -0.39 is 5.41 Å². The van der Waals surface area contributed by atoms with Crippen molar-refractivity contribution in [2.45, 2.75) is 18.4 Å². The molecular weight excluding hydrogens is 290 g/mol. The first-order chi connectivity index (χ1) is 11.1. The zero-order chi connectivity index (χ0) is 16.0. The molecule has 2 atom stereocenters. The smallest absolute Gasteiger partial charge is 0.238 e. The lowest BCUT2D eigenvalue weighted by Crippen LogP contribution is -2.34. The predicted molar refractivity (Wildman–Crippen MR) is 85.7 cm³/mol. The number of carbonyl (C=O) groups excluding carboxylic acids is 2. The Balaban J connectivity index is 1.53. The van der Waals surface area contributed by atoms with Crippen LogP contribution in [0.4, 0.5) is 5.69 Å². The molecule has 1 N–H and O–H groups in total. The molecule has 5 nitrogen and oxygen atoms in total. The van der Waals surface area contributed by atoms with Crippen LogP contribution in [-0.4, -0.2) is 23.8 Å². The third-order valence-electron chi connectivity index (χ3n) is 4.90. The van der Waals surface area contributed by atoms with Crippen LogP contribution in [-0.2, 0) is 21.5 Å². The van der Waals surface area contributed by atoms with Crippen molar-refractivity contribution in [3.05, 3.63) is 59.9 Å². The first kappa shape index (κ1) is 13.9. The van der Waals surface area contributed by atoms with Gasteiger partial charge in [0, 0.05) is 31.7 Å². The maximum Gasteiger partial charge on any atom is 0.238 e. The van der Waals surface area contributed by atoms with E-state index in [0.717, 1.165) is 16.8 Å². The molecule has 0 radical (unpaired) electrons. The number of para-hydroxylation sites is 1. The average Bonchev–Trinajstić information content (AvgIpc) is 3.32. The van der Waals surface area contributed by atoms with Gasteiger partial charge >= 0.3 is 0 Å². The van der Waals surface area contributed by atoms with Gasteiger partial charge in [-0.15, -0.1) is 0 Å². The molecule has 1 aromatic carbocycles. The zero-order valence-electron chi connectivity index (χ0n) is 12.8. The van der Waals surface area contributed by atoms with Crippen molar-refractivity contribution in [1.29, 1.82) is 0 Å². The Kier molecular flexibility index (Phi) is 2.98.